The van der Waals surface area contributed by atoms with Gasteiger partial charge < -0.3 is 24.9 Å². The highest BCUT2D eigenvalue weighted by Gasteiger charge is 2.16. The van der Waals surface area contributed by atoms with Gasteiger partial charge in [-0.2, -0.15) is 5.26 Å². The highest BCUT2D eigenvalue weighted by atomic mass is 16.5. The molecule has 0 spiro atoms. The van der Waals surface area contributed by atoms with Crippen LogP contribution in [-0.2, 0) is 4.79 Å². The Morgan fingerprint density at radius 3 is 2.64 bits per heavy atom. The minimum Gasteiger partial charge on any atom is -0.548 e. The number of rotatable bonds is 7. The molecule has 3 aromatic rings. The first-order valence-corrected chi connectivity index (χ1v) is 8.77. The number of nitrogens with one attached hydrogen (secondary N) is 2. The van der Waals surface area contributed by atoms with Gasteiger partial charge in [0.05, 0.1) is 42.1 Å². The van der Waals surface area contributed by atoms with Crippen molar-refractivity contribution in [1.82, 2.24) is 9.97 Å². The fraction of sp³-hybridized carbons (Fsp3) is 0.190. The van der Waals surface area contributed by atoms with Crippen LogP contribution in [0, 0.1) is 18.3 Å². The molecule has 7 heteroatoms. The molecule has 142 valence electrons. The lowest BCUT2D eigenvalue weighted by Crippen LogP contribution is -2.34. The zero-order valence-electron chi connectivity index (χ0n) is 15.5. The van der Waals surface area contributed by atoms with Gasteiger partial charge in [0.25, 0.3) is 0 Å². The van der Waals surface area contributed by atoms with Crippen LogP contribution in [0.15, 0.2) is 48.7 Å². The van der Waals surface area contributed by atoms with Gasteiger partial charge in [-0.05, 0) is 61.9 Å². The van der Waals surface area contributed by atoms with Crippen LogP contribution in [0.1, 0.15) is 29.9 Å². The summed E-state index contributed by atoms with van der Waals surface area (Å²) < 4.78 is 5.61. The van der Waals surface area contributed by atoms with Crippen LogP contribution in [0.5, 0.6) is 5.75 Å². The summed E-state index contributed by atoms with van der Waals surface area (Å²) in [5, 5.41) is 23.7. The Bertz CT molecular complexity index is 1020. The number of carbonyl (C=O) groups excluding carboxylic acids is 1. The Balaban J connectivity index is 2.00. The van der Waals surface area contributed by atoms with Gasteiger partial charge in [-0.15, -0.1) is 0 Å². The molecule has 0 fully saturated rings. The van der Waals surface area contributed by atoms with Crippen molar-refractivity contribution in [3.05, 3.63) is 65.6 Å². The van der Waals surface area contributed by atoms with Crippen LogP contribution in [0.25, 0.3) is 11.3 Å². The second-order valence-electron chi connectivity index (χ2n) is 6.19. The Kier molecular flexibility index (Phi) is 5.61. The number of carboxylic acids is 1. The van der Waals surface area contributed by atoms with Crippen LogP contribution < -0.4 is 15.2 Å². The van der Waals surface area contributed by atoms with Gasteiger partial charge in [-0.1, -0.05) is 0 Å². The van der Waals surface area contributed by atoms with Crippen LogP contribution in [-0.4, -0.2) is 22.5 Å². The second-order valence-corrected chi connectivity index (χ2v) is 6.19. The quantitative estimate of drug-likeness (QED) is 0.656. The number of ether oxygens (including phenoxy) is 1. The van der Waals surface area contributed by atoms with Crippen molar-refractivity contribution in [2.75, 3.05) is 11.9 Å². The SMILES string of the molecule is CCOc1cc(-c2cnc(C)[nH]2)cc(C(Nc2ccc(C#N)cc2)C(=O)[O-])c1. The van der Waals surface area contributed by atoms with Gasteiger partial charge in [0.1, 0.15) is 11.6 Å². The number of nitrogens with zero attached hydrogens (tertiary/aromatic N) is 2. The van der Waals surface area contributed by atoms with E-state index in [0.717, 1.165) is 17.1 Å². The van der Waals surface area contributed by atoms with Crippen molar-refractivity contribution in [2.24, 2.45) is 0 Å². The summed E-state index contributed by atoms with van der Waals surface area (Å²) in [6.45, 7) is 4.15. The molecular formula is C21H19N4O3-. The zero-order valence-corrected chi connectivity index (χ0v) is 15.5. The summed E-state index contributed by atoms with van der Waals surface area (Å²) >= 11 is 0. The molecule has 3 rings (SSSR count). The lowest BCUT2D eigenvalue weighted by atomic mass is 10.0. The van der Waals surface area contributed by atoms with Crippen LogP contribution in [0.2, 0.25) is 0 Å². The standard InChI is InChI=1S/C21H20N4O3/c1-3-28-18-9-15(19-12-23-13(2)24-19)8-16(10-18)20(21(26)27)25-17-6-4-14(11-22)5-7-17/h4-10,12,20,25H,3H2,1-2H3,(H,23,24)(H,26,27)/p-1. The van der Waals surface area contributed by atoms with Crippen molar-refractivity contribution >= 4 is 11.7 Å². The Hall–Kier alpha value is -3.79. The van der Waals surface area contributed by atoms with Crippen molar-refractivity contribution in [2.45, 2.75) is 19.9 Å². The van der Waals surface area contributed by atoms with Gasteiger partial charge in [0, 0.05) is 11.3 Å². The number of aromatic amines is 1. The fourth-order valence-electron chi connectivity index (χ4n) is 2.85. The van der Waals surface area contributed by atoms with Crippen LogP contribution in [0.4, 0.5) is 5.69 Å². The van der Waals surface area contributed by atoms with Gasteiger partial charge in [-0.3, -0.25) is 0 Å². The third kappa shape index (κ3) is 4.30. The molecule has 0 aliphatic heterocycles. The molecule has 2 N–H and O–H groups in total. The lowest BCUT2D eigenvalue weighted by molar-refractivity contribution is -0.307. The average Bonchev–Trinajstić information content (AvgIpc) is 3.13. The maximum atomic E-state index is 11.9. The van der Waals surface area contributed by atoms with Gasteiger partial charge >= 0.3 is 0 Å². The Labute approximate surface area is 162 Å². The largest absolute Gasteiger partial charge is 0.548 e. The highest BCUT2D eigenvalue weighted by Crippen LogP contribution is 2.30. The molecule has 0 aliphatic rings. The number of hydrogen-bond donors (Lipinski definition) is 2. The number of nitriles is 1. The summed E-state index contributed by atoms with van der Waals surface area (Å²) in [6, 6.07) is 12.7. The number of H-pyrrole nitrogens is 1. The second kappa shape index (κ2) is 8.27. The first-order valence-electron chi connectivity index (χ1n) is 8.77. The number of anilines is 1. The molecule has 0 saturated heterocycles. The number of aliphatic carboxylic acids is 1. The normalized spacial score (nSPS) is 11.5. The first kappa shape index (κ1) is 19.0. The monoisotopic (exact) mass is 375 g/mol. The van der Waals surface area contributed by atoms with Gasteiger partial charge in [0.15, 0.2) is 0 Å². The van der Waals surface area contributed by atoms with Crippen LogP contribution in [0.3, 0.4) is 0 Å². The summed E-state index contributed by atoms with van der Waals surface area (Å²) in [5.41, 5.74) is 3.06. The number of hydrogen-bond acceptors (Lipinski definition) is 6. The first-order chi connectivity index (χ1) is 13.5. The number of aromatic nitrogens is 2. The van der Waals surface area contributed by atoms with E-state index >= 15 is 0 Å². The van der Waals surface area contributed by atoms with E-state index in [2.05, 4.69) is 15.3 Å². The molecule has 7 nitrogen and oxygen atoms in total. The van der Waals surface area contributed by atoms with E-state index in [-0.39, 0.29) is 0 Å². The molecule has 1 aromatic heterocycles. The minimum absolute atomic E-state index is 0.448. The van der Waals surface area contributed by atoms with E-state index in [1.54, 1.807) is 42.6 Å². The van der Waals surface area contributed by atoms with Gasteiger partial charge in [-0.25, -0.2) is 4.98 Å². The summed E-state index contributed by atoms with van der Waals surface area (Å²) in [4.78, 5) is 19.2. The molecule has 0 radical (unpaired) electrons. The third-order valence-electron chi connectivity index (χ3n) is 4.15. The molecule has 28 heavy (non-hydrogen) atoms. The van der Waals surface area contributed by atoms with E-state index < -0.39 is 12.0 Å². The minimum atomic E-state index is -1.27. The van der Waals surface area contributed by atoms with Crippen molar-refractivity contribution in [1.29, 1.82) is 5.26 Å². The third-order valence-corrected chi connectivity index (χ3v) is 4.15. The number of carbonyl (C=O) groups is 1. The number of imidazole rings is 1. The molecular weight excluding hydrogens is 356 g/mol. The molecule has 0 amide bonds. The highest BCUT2D eigenvalue weighted by molar-refractivity contribution is 5.79. The van der Waals surface area contributed by atoms with E-state index in [1.807, 2.05) is 26.0 Å². The maximum Gasteiger partial charge on any atom is 0.120 e. The van der Waals surface area contributed by atoms with Crippen molar-refractivity contribution < 1.29 is 14.6 Å². The van der Waals surface area contributed by atoms with E-state index in [1.165, 1.54) is 0 Å². The molecule has 2 aromatic carbocycles. The number of aryl methyl sites for hydroxylation is 1. The lowest BCUT2D eigenvalue weighted by Gasteiger charge is -2.23. The average molecular weight is 375 g/mol. The molecule has 0 bridgehead atoms. The number of carboxylic acid groups (broad SMARTS) is 1. The molecule has 0 saturated carbocycles. The smallest absolute Gasteiger partial charge is 0.120 e. The summed E-state index contributed by atoms with van der Waals surface area (Å²) in [7, 11) is 0. The summed E-state index contributed by atoms with van der Waals surface area (Å²) in [5.74, 6) is 0.0328. The predicted molar refractivity (Wildman–Crippen MR) is 102 cm³/mol. The van der Waals surface area contributed by atoms with Gasteiger partial charge in [0.2, 0.25) is 0 Å². The molecule has 1 unspecified atom stereocenters. The molecule has 1 heterocycles. The summed E-state index contributed by atoms with van der Waals surface area (Å²) in [6.07, 6.45) is 1.69. The molecule has 1 atom stereocenters. The van der Waals surface area contributed by atoms with Crippen LogP contribution >= 0.6 is 0 Å². The maximum absolute atomic E-state index is 11.9. The Morgan fingerprint density at radius 1 is 1.32 bits per heavy atom. The number of benzene rings is 2. The molecule has 0 aliphatic carbocycles. The predicted octanol–water partition coefficient (Wildman–Crippen LogP) is 2.56. The zero-order chi connectivity index (χ0) is 20.1. The Morgan fingerprint density at radius 2 is 2.07 bits per heavy atom. The van der Waals surface area contributed by atoms with Crippen molar-refractivity contribution in [3.8, 4) is 23.1 Å². The van der Waals surface area contributed by atoms with E-state index in [4.69, 9.17) is 10.00 Å². The van der Waals surface area contributed by atoms with E-state index in [9.17, 15) is 9.90 Å². The van der Waals surface area contributed by atoms with E-state index in [0.29, 0.717) is 29.2 Å². The fourth-order valence-corrected chi connectivity index (χ4v) is 2.85. The van der Waals surface area contributed by atoms with Crippen molar-refractivity contribution in [3.63, 3.8) is 0 Å². The topological polar surface area (TPSA) is 114 Å².